The van der Waals surface area contributed by atoms with Gasteiger partial charge >= 0.3 is 0 Å². The molecule has 0 saturated carbocycles. The molecule has 1 fully saturated rings. The van der Waals surface area contributed by atoms with Gasteiger partial charge in [0.1, 0.15) is 11.9 Å². The number of likely N-dealkylation sites (tertiary alicyclic amines) is 1. The van der Waals surface area contributed by atoms with Gasteiger partial charge in [-0.2, -0.15) is 0 Å². The number of amides is 1. The van der Waals surface area contributed by atoms with Crippen LogP contribution in [0.15, 0.2) is 40.8 Å². The van der Waals surface area contributed by atoms with E-state index >= 15 is 0 Å². The summed E-state index contributed by atoms with van der Waals surface area (Å²) in [6, 6.07) is 7.63. The largest absolute Gasteiger partial charge is 0.455 e. The molecule has 3 N–H and O–H groups in total. The molecule has 9 heteroatoms. The number of nitro groups is 1. The van der Waals surface area contributed by atoms with Gasteiger partial charge in [-0.15, -0.1) is 0 Å². The molecule has 9 nitrogen and oxygen atoms in total. The molecule has 1 amide bonds. The lowest BCUT2D eigenvalue weighted by atomic mass is 10.0. The molecule has 0 bridgehead atoms. The first kappa shape index (κ1) is 21.0. The molecule has 3 rings (SSSR count). The summed E-state index contributed by atoms with van der Waals surface area (Å²) in [5.41, 5.74) is 0.238. The monoisotopic (exact) mass is 403 g/mol. The van der Waals surface area contributed by atoms with Gasteiger partial charge in [0.2, 0.25) is 0 Å². The number of carbonyl (C=O) groups excluding carboxylic acids is 1. The Kier molecular flexibility index (Phi) is 6.97. The fourth-order valence-corrected chi connectivity index (χ4v) is 3.41. The van der Waals surface area contributed by atoms with Gasteiger partial charge in [0.25, 0.3) is 11.6 Å². The van der Waals surface area contributed by atoms with Gasteiger partial charge in [-0.25, -0.2) is 0 Å². The number of hydrogen-bond acceptors (Lipinski definition) is 7. The van der Waals surface area contributed by atoms with E-state index in [9.17, 15) is 25.1 Å². The number of aliphatic hydroxyl groups excluding tert-OH is 2. The third-order valence-electron chi connectivity index (χ3n) is 5.05. The van der Waals surface area contributed by atoms with Gasteiger partial charge in [-0.3, -0.25) is 19.8 Å². The Morgan fingerprint density at radius 1 is 1.17 bits per heavy atom. The van der Waals surface area contributed by atoms with Crippen LogP contribution in [0, 0.1) is 10.1 Å². The molecule has 2 aromatic rings. The minimum absolute atomic E-state index is 0.103. The second kappa shape index (κ2) is 9.64. The average molecular weight is 403 g/mol. The molecule has 2 heterocycles. The summed E-state index contributed by atoms with van der Waals surface area (Å²) in [5.74, 6) is 0.245. The Balaban J connectivity index is 1.61. The van der Waals surface area contributed by atoms with Crippen LogP contribution >= 0.6 is 0 Å². The topological polar surface area (TPSA) is 129 Å². The molecule has 156 valence electrons. The lowest BCUT2D eigenvalue weighted by molar-refractivity contribution is -0.384. The van der Waals surface area contributed by atoms with E-state index < -0.39 is 29.6 Å². The number of carbonyl (C=O) groups is 1. The highest BCUT2D eigenvalue weighted by Crippen LogP contribution is 2.21. The van der Waals surface area contributed by atoms with Crippen LogP contribution in [-0.4, -0.2) is 51.7 Å². The van der Waals surface area contributed by atoms with Crippen LogP contribution in [0.25, 0.3) is 0 Å². The van der Waals surface area contributed by atoms with Crippen molar-refractivity contribution in [3.63, 3.8) is 0 Å². The summed E-state index contributed by atoms with van der Waals surface area (Å²) in [4.78, 5) is 24.9. The smallest absolute Gasteiger partial charge is 0.287 e. The van der Waals surface area contributed by atoms with Gasteiger partial charge in [0.05, 0.1) is 24.1 Å². The molecule has 29 heavy (non-hydrogen) atoms. The molecule has 2 unspecified atom stereocenters. The molecule has 2 atom stereocenters. The van der Waals surface area contributed by atoms with Crippen LogP contribution < -0.4 is 5.32 Å². The van der Waals surface area contributed by atoms with Crippen LogP contribution in [-0.2, 0) is 6.54 Å². The summed E-state index contributed by atoms with van der Waals surface area (Å²) >= 11 is 0. The van der Waals surface area contributed by atoms with E-state index in [-0.39, 0.29) is 11.4 Å². The van der Waals surface area contributed by atoms with Crippen LogP contribution in [0.3, 0.4) is 0 Å². The van der Waals surface area contributed by atoms with Crippen molar-refractivity contribution in [2.24, 2.45) is 0 Å². The second-order valence-electron chi connectivity index (χ2n) is 7.16. The lowest BCUT2D eigenvalue weighted by Gasteiger charge is -2.25. The third-order valence-corrected chi connectivity index (χ3v) is 5.05. The second-order valence-corrected chi connectivity index (χ2v) is 7.16. The molecule has 1 aliphatic heterocycles. The van der Waals surface area contributed by atoms with Crippen molar-refractivity contribution in [1.29, 1.82) is 0 Å². The predicted molar refractivity (Wildman–Crippen MR) is 104 cm³/mol. The zero-order valence-corrected chi connectivity index (χ0v) is 16.0. The van der Waals surface area contributed by atoms with Gasteiger partial charge in [0, 0.05) is 12.1 Å². The molecular weight excluding hydrogens is 378 g/mol. The lowest BCUT2D eigenvalue weighted by Crippen LogP contribution is -2.41. The number of nitrogens with zero attached hydrogens (tertiary/aromatic N) is 2. The molecule has 1 aromatic carbocycles. The summed E-state index contributed by atoms with van der Waals surface area (Å²) in [6.07, 6.45) is 2.33. The molecule has 1 aromatic heterocycles. The fourth-order valence-electron chi connectivity index (χ4n) is 3.41. The van der Waals surface area contributed by atoms with Crippen molar-refractivity contribution in [2.45, 2.75) is 38.0 Å². The van der Waals surface area contributed by atoms with Crippen LogP contribution in [0.1, 0.15) is 47.2 Å². The molecule has 1 aliphatic rings. The van der Waals surface area contributed by atoms with Crippen molar-refractivity contribution >= 4 is 11.6 Å². The van der Waals surface area contributed by atoms with Crippen molar-refractivity contribution in [2.75, 3.05) is 19.7 Å². The Hall–Kier alpha value is -2.75. The molecule has 1 saturated heterocycles. The molecular formula is C20H25N3O6. The number of aliphatic hydroxyl groups is 2. The minimum atomic E-state index is -1.23. The Labute approximate surface area is 168 Å². The minimum Gasteiger partial charge on any atom is -0.455 e. The van der Waals surface area contributed by atoms with Crippen molar-refractivity contribution in [1.82, 2.24) is 10.2 Å². The highest BCUT2D eigenvalue weighted by atomic mass is 16.6. The first-order valence-electron chi connectivity index (χ1n) is 9.63. The number of nitrogens with one attached hydrogen (secondary N) is 1. The maximum Gasteiger partial charge on any atom is 0.287 e. The first-order chi connectivity index (χ1) is 14.0. The van der Waals surface area contributed by atoms with E-state index in [1.54, 1.807) is 12.1 Å². The highest BCUT2D eigenvalue weighted by molar-refractivity contribution is 5.91. The number of benzene rings is 1. The zero-order valence-electron chi connectivity index (χ0n) is 16.0. The summed E-state index contributed by atoms with van der Waals surface area (Å²) in [6.45, 7) is 2.15. The Morgan fingerprint density at radius 3 is 2.48 bits per heavy atom. The van der Waals surface area contributed by atoms with E-state index in [1.165, 1.54) is 30.7 Å². The summed E-state index contributed by atoms with van der Waals surface area (Å²) < 4.78 is 5.63. The SMILES string of the molecule is O=C(NC(CO)C(O)c1ccc([N+](=O)[O-])cc1)c1ccc(CN2CCCCC2)o1. The number of rotatable bonds is 8. The summed E-state index contributed by atoms with van der Waals surface area (Å²) in [7, 11) is 0. The molecule has 0 spiro atoms. The van der Waals surface area contributed by atoms with E-state index in [4.69, 9.17) is 4.42 Å². The Bertz CT molecular complexity index is 829. The maximum absolute atomic E-state index is 12.5. The zero-order chi connectivity index (χ0) is 20.8. The van der Waals surface area contributed by atoms with E-state index in [2.05, 4.69) is 10.2 Å². The van der Waals surface area contributed by atoms with Gasteiger partial charge in [0.15, 0.2) is 5.76 Å². The standard InChI is InChI=1S/C20H25N3O6/c24-13-17(19(25)14-4-6-15(7-5-14)23(27)28)21-20(26)18-9-8-16(29-18)12-22-10-2-1-3-11-22/h4-9,17,19,24-25H,1-3,10-13H2,(H,21,26). The third kappa shape index (κ3) is 5.41. The molecule has 0 aliphatic carbocycles. The number of hydrogen-bond donors (Lipinski definition) is 3. The predicted octanol–water partition coefficient (Wildman–Crippen LogP) is 2.00. The van der Waals surface area contributed by atoms with Crippen molar-refractivity contribution in [3.8, 4) is 0 Å². The first-order valence-corrected chi connectivity index (χ1v) is 9.63. The number of furan rings is 1. The summed E-state index contributed by atoms with van der Waals surface area (Å²) in [5, 5.41) is 33.3. The number of nitro benzene ring substituents is 1. The van der Waals surface area contributed by atoms with Gasteiger partial charge in [-0.1, -0.05) is 6.42 Å². The highest BCUT2D eigenvalue weighted by Gasteiger charge is 2.25. The number of non-ortho nitro benzene ring substituents is 1. The van der Waals surface area contributed by atoms with Crippen molar-refractivity contribution in [3.05, 3.63) is 63.6 Å². The van der Waals surface area contributed by atoms with Gasteiger partial charge in [-0.05, 0) is 55.8 Å². The van der Waals surface area contributed by atoms with E-state index in [0.717, 1.165) is 25.9 Å². The maximum atomic E-state index is 12.5. The van der Waals surface area contributed by atoms with Crippen molar-refractivity contribution < 1.29 is 24.3 Å². The Morgan fingerprint density at radius 2 is 1.86 bits per heavy atom. The molecule has 0 radical (unpaired) electrons. The fraction of sp³-hybridized carbons (Fsp3) is 0.450. The average Bonchev–Trinajstić information content (AvgIpc) is 3.20. The van der Waals surface area contributed by atoms with Gasteiger partial charge < -0.3 is 19.9 Å². The van der Waals surface area contributed by atoms with Crippen LogP contribution in [0.5, 0.6) is 0 Å². The normalized spacial score (nSPS) is 16.9. The quantitative estimate of drug-likeness (QED) is 0.454. The van der Waals surface area contributed by atoms with Crippen LogP contribution in [0.4, 0.5) is 5.69 Å². The van der Waals surface area contributed by atoms with E-state index in [1.807, 2.05) is 0 Å². The van der Waals surface area contributed by atoms with Crippen LogP contribution in [0.2, 0.25) is 0 Å². The van der Waals surface area contributed by atoms with E-state index in [0.29, 0.717) is 17.9 Å². The number of piperidine rings is 1.